The first-order valence-corrected chi connectivity index (χ1v) is 1.14. The zero-order valence-corrected chi connectivity index (χ0v) is 2.84. The fraction of sp³-hybridized carbons (Fsp3) is 1.00. The number of hydrogen-bond acceptors (Lipinski definition) is 2. The normalized spacial score (nSPS) is 9.60. The number of ether oxygens (including phenoxy) is 1. The highest BCUT2D eigenvalue weighted by atomic mass is 16.7. The minimum atomic E-state index is -1.87. The molecule has 0 rings (SSSR count). The summed E-state index contributed by atoms with van der Waals surface area (Å²) >= 11 is 0. The Morgan fingerprint density at radius 3 is 2.20 bits per heavy atom. The lowest BCUT2D eigenvalue weighted by molar-refractivity contribution is -0.253. The van der Waals surface area contributed by atoms with Crippen molar-refractivity contribution in [3.63, 3.8) is 0 Å². The van der Waals surface area contributed by atoms with E-state index in [-0.39, 0.29) is 0 Å². The molecule has 3 heteroatoms. The minimum absolute atomic E-state index is 1.14. The second-order valence-electron chi connectivity index (χ2n) is 0.543. The van der Waals surface area contributed by atoms with Crippen LogP contribution in [-0.2, 0) is 9.84 Å². The number of rotatable bonds is 1. The predicted molar refractivity (Wildman–Crippen MR) is 13.7 cm³/mol. The molecule has 0 spiro atoms. The summed E-state index contributed by atoms with van der Waals surface area (Å²) in [5, 5.41) is 16.8. The lowest BCUT2D eigenvalue weighted by atomic mass is 11.3. The number of hydrogen-bond donors (Lipinski definition) is 1. The molecule has 0 aromatic rings. The molecule has 1 atom stereocenters. The Bertz CT molecular complexity index is 18.9. The molecule has 31 valence electrons. The van der Waals surface area contributed by atoms with Crippen molar-refractivity contribution >= 4 is 0 Å². The van der Waals surface area contributed by atoms with Crippen LogP contribution in [0.4, 0.5) is 0 Å². The molecule has 0 aliphatic rings. The van der Waals surface area contributed by atoms with Crippen LogP contribution >= 0.6 is 0 Å². The smallest absolute Gasteiger partial charge is 0.298 e. The van der Waals surface area contributed by atoms with E-state index >= 15 is 0 Å². The van der Waals surface area contributed by atoms with Gasteiger partial charge >= 0.3 is 0 Å². The van der Waals surface area contributed by atoms with E-state index in [0.717, 1.165) is 7.11 Å². The van der Waals surface area contributed by atoms with Crippen molar-refractivity contribution < 1.29 is 14.9 Å². The summed E-state index contributed by atoms with van der Waals surface area (Å²) in [7, 11) is 1.14. The molecule has 0 aliphatic heterocycles. The van der Waals surface area contributed by atoms with Gasteiger partial charge in [0, 0.05) is 7.11 Å². The Labute approximate surface area is 29.8 Å². The van der Waals surface area contributed by atoms with Crippen LogP contribution < -0.4 is 0 Å². The Hall–Kier alpha value is -0.120. The molecule has 1 N–H and O–H groups in total. The molecular formula is C2H5O3. The number of methoxy groups -OCH3 is 1. The van der Waals surface area contributed by atoms with Gasteiger partial charge in [0.05, 0.1) is 0 Å². The molecule has 0 bridgehead atoms. The van der Waals surface area contributed by atoms with Crippen molar-refractivity contribution in [1.29, 1.82) is 0 Å². The molecule has 0 fully saturated rings. The van der Waals surface area contributed by atoms with Gasteiger partial charge < -0.3 is 9.84 Å². The summed E-state index contributed by atoms with van der Waals surface area (Å²) in [6.07, 6.45) is 0. The zero-order valence-electron chi connectivity index (χ0n) is 2.84. The maximum Gasteiger partial charge on any atom is 0.298 e. The van der Waals surface area contributed by atoms with Crippen molar-refractivity contribution in [3.8, 4) is 0 Å². The van der Waals surface area contributed by atoms with Gasteiger partial charge in [0.1, 0.15) is 0 Å². The van der Waals surface area contributed by atoms with Crippen molar-refractivity contribution in [1.82, 2.24) is 0 Å². The summed E-state index contributed by atoms with van der Waals surface area (Å²) in [5.74, 6) is 0. The second kappa shape index (κ2) is 2.14. The van der Waals surface area contributed by atoms with E-state index in [1.165, 1.54) is 0 Å². The summed E-state index contributed by atoms with van der Waals surface area (Å²) < 4.78 is 3.75. The maximum absolute atomic E-state index is 9.23. The Morgan fingerprint density at radius 1 is 2.00 bits per heavy atom. The average molecular weight is 77.1 g/mol. The Morgan fingerprint density at radius 2 is 2.20 bits per heavy atom. The van der Waals surface area contributed by atoms with Crippen LogP contribution in [0.1, 0.15) is 0 Å². The molecule has 5 heavy (non-hydrogen) atoms. The van der Waals surface area contributed by atoms with Crippen molar-refractivity contribution in [2.45, 2.75) is 6.48 Å². The second-order valence-corrected chi connectivity index (χ2v) is 0.543. The summed E-state index contributed by atoms with van der Waals surface area (Å²) in [6.45, 7) is -1.87. The van der Waals surface area contributed by atoms with Crippen LogP contribution in [0.15, 0.2) is 0 Å². The van der Waals surface area contributed by atoms with E-state index < -0.39 is 6.48 Å². The molecule has 0 aromatic carbocycles. The Balaban J connectivity index is 2.54. The van der Waals surface area contributed by atoms with Crippen LogP contribution in [0.3, 0.4) is 0 Å². The summed E-state index contributed by atoms with van der Waals surface area (Å²) in [5.41, 5.74) is 0. The fourth-order valence-corrected chi connectivity index (χ4v) is 0. The molecule has 0 heterocycles. The fourth-order valence-electron chi connectivity index (χ4n) is 0. The first-order chi connectivity index (χ1) is 2.27. The van der Waals surface area contributed by atoms with E-state index in [0.29, 0.717) is 0 Å². The third-order valence-electron chi connectivity index (χ3n) is 0.202. The van der Waals surface area contributed by atoms with Gasteiger partial charge in [-0.3, -0.25) is 0 Å². The van der Waals surface area contributed by atoms with E-state index in [2.05, 4.69) is 4.74 Å². The van der Waals surface area contributed by atoms with Gasteiger partial charge in [-0.15, -0.1) is 0 Å². The van der Waals surface area contributed by atoms with Gasteiger partial charge in [-0.25, -0.2) is 0 Å². The third kappa shape index (κ3) is 3.88. The molecule has 0 saturated heterocycles. The van der Waals surface area contributed by atoms with Gasteiger partial charge in [-0.1, -0.05) is 0 Å². The first kappa shape index (κ1) is 4.88. The molecule has 0 aromatic heterocycles. The summed E-state index contributed by atoms with van der Waals surface area (Å²) in [4.78, 5) is 0. The van der Waals surface area contributed by atoms with Gasteiger partial charge in [0.25, 0.3) is 6.48 Å². The molecule has 0 aliphatic carbocycles. The predicted octanol–water partition coefficient (Wildman–Crippen LogP) is -0.661. The highest BCUT2D eigenvalue weighted by Crippen LogP contribution is 1.68. The minimum Gasteiger partial charge on any atom is -0.344 e. The zero-order chi connectivity index (χ0) is 4.28. The standard InChI is InChI=1S/C2H5O3/c1-5-2(3)4/h2-3H,1H3. The molecule has 1 unspecified atom stereocenters. The third-order valence-corrected chi connectivity index (χ3v) is 0.202. The van der Waals surface area contributed by atoms with Crippen molar-refractivity contribution in [2.24, 2.45) is 0 Å². The van der Waals surface area contributed by atoms with Gasteiger partial charge in [-0.05, 0) is 0 Å². The highest BCUT2D eigenvalue weighted by Gasteiger charge is 1.86. The largest absolute Gasteiger partial charge is 0.344 e. The molecule has 0 saturated carbocycles. The average Bonchev–Trinajstić information content (AvgIpc) is 1.38. The molecule has 3 nitrogen and oxygen atoms in total. The summed E-state index contributed by atoms with van der Waals surface area (Å²) in [6, 6.07) is 0. The van der Waals surface area contributed by atoms with Crippen LogP contribution in [0.2, 0.25) is 0 Å². The Kier molecular flexibility index (Phi) is 2.09. The quantitative estimate of drug-likeness (QED) is 0.422. The maximum atomic E-state index is 9.23. The molecule has 0 amide bonds. The molecular weight excluding hydrogens is 72.0 g/mol. The number of aliphatic hydroxyl groups excluding tert-OH is 1. The lowest BCUT2D eigenvalue weighted by Crippen LogP contribution is -2.02. The van der Waals surface area contributed by atoms with Crippen LogP contribution in [0.5, 0.6) is 0 Å². The van der Waals surface area contributed by atoms with Gasteiger partial charge in [0.2, 0.25) is 0 Å². The van der Waals surface area contributed by atoms with E-state index in [9.17, 15) is 5.11 Å². The SMILES string of the molecule is COC([O])O. The number of aliphatic hydroxyl groups is 1. The topological polar surface area (TPSA) is 49.4 Å². The first-order valence-electron chi connectivity index (χ1n) is 1.14. The van der Waals surface area contributed by atoms with E-state index in [4.69, 9.17) is 5.11 Å². The van der Waals surface area contributed by atoms with Crippen LogP contribution in [-0.4, -0.2) is 18.7 Å². The van der Waals surface area contributed by atoms with Crippen molar-refractivity contribution in [2.75, 3.05) is 7.11 Å². The lowest BCUT2D eigenvalue weighted by Gasteiger charge is -1.89. The van der Waals surface area contributed by atoms with Crippen LogP contribution in [0.25, 0.3) is 0 Å². The van der Waals surface area contributed by atoms with Crippen molar-refractivity contribution in [3.05, 3.63) is 0 Å². The van der Waals surface area contributed by atoms with E-state index in [1.807, 2.05) is 0 Å². The highest BCUT2D eigenvalue weighted by molar-refractivity contribution is 3.89. The van der Waals surface area contributed by atoms with Gasteiger partial charge in [-0.2, -0.15) is 5.11 Å². The van der Waals surface area contributed by atoms with Crippen LogP contribution in [0, 0.1) is 0 Å². The van der Waals surface area contributed by atoms with Gasteiger partial charge in [0.15, 0.2) is 0 Å². The van der Waals surface area contributed by atoms with E-state index in [1.54, 1.807) is 0 Å². The molecule has 1 radical (unpaired) electrons. The monoisotopic (exact) mass is 77.0 g/mol.